The number of hydrogen-bond donors (Lipinski definition) is 0. The zero-order chi connectivity index (χ0) is 14.0. The van der Waals surface area contributed by atoms with Crippen molar-refractivity contribution in [2.45, 2.75) is 18.6 Å². The Bertz CT molecular complexity index is 526. The summed E-state index contributed by atoms with van der Waals surface area (Å²) in [5, 5.41) is -0.769. The molecule has 19 heavy (non-hydrogen) atoms. The number of carbonyl (C=O) groups excluding carboxylic acids is 3. The molecule has 0 N–H and O–H groups in total. The van der Waals surface area contributed by atoms with Crippen molar-refractivity contribution in [3.8, 4) is 5.75 Å². The maximum absolute atomic E-state index is 12.1. The number of imide groups is 1. The first-order valence-electron chi connectivity index (χ1n) is 5.71. The lowest BCUT2D eigenvalue weighted by atomic mass is 10.3. The van der Waals surface area contributed by atoms with Crippen molar-refractivity contribution in [1.29, 1.82) is 0 Å². The minimum absolute atomic E-state index is 0.0646. The summed E-state index contributed by atoms with van der Waals surface area (Å²) < 4.78 is 5.02. The van der Waals surface area contributed by atoms with E-state index in [1.165, 1.54) is 6.92 Å². The van der Waals surface area contributed by atoms with E-state index in [4.69, 9.17) is 4.74 Å². The fraction of sp³-hybridized carbons (Fsp3) is 0.308. The summed E-state index contributed by atoms with van der Waals surface area (Å²) in [4.78, 5) is 36.2. The van der Waals surface area contributed by atoms with Gasteiger partial charge in [0.2, 0.25) is 11.8 Å². The van der Waals surface area contributed by atoms with Gasteiger partial charge in [-0.25, -0.2) is 4.90 Å². The SMILES string of the molecule is COc1ccc(N2C(=O)CC(SC(C)=O)C2=O)cc1. The third-order valence-electron chi connectivity index (χ3n) is 2.74. The van der Waals surface area contributed by atoms with E-state index in [9.17, 15) is 14.4 Å². The number of anilines is 1. The first-order valence-corrected chi connectivity index (χ1v) is 6.59. The second-order valence-electron chi connectivity index (χ2n) is 4.07. The van der Waals surface area contributed by atoms with E-state index >= 15 is 0 Å². The molecule has 2 amide bonds. The van der Waals surface area contributed by atoms with Crippen LogP contribution in [0.4, 0.5) is 5.69 Å². The standard InChI is InChI=1S/C13H13NO4S/c1-8(15)19-11-7-12(16)14(13(11)17)9-3-5-10(18-2)6-4-9/h3-6,11H,7H2,1-2H3. The van der Waals surface area contributed by atoms with Crippen molar-refractivity contribution < 1.29 is 19.1 Å². The van der Waals surface area contributed by atoms with E-state index in [1.807, 2.05) is 0 Å². The second-order valence-corrected chi connectivity index (χ2v) is 5.45. The lowest BCUT2D eigenvalue weighted by molar-refractivity contribution is -0.121. The molecule has 1 unspecified atom stereocenters. The molecule has 0 aliphatic carbocycles. The van der Waals surface area contributed by atoms with Gasteiger partial charge < -0.3 is 4.74 Å². The third kappa shape index (κ3) is 2.78. The van der Waals surface area contributed by atoms with Gasteiger partial charge in [-0.2, -0.15) is 0 Å². The molecule has 6 heteroatoms. The van der Waals surface area contributed by atoms with Crippen LogP contribution < -0.4 is 9.64 Å². The number of amides is 2. The van der Waals surface area contributed by atoms with Gasteiger partial charge in [0.05, 0.1) is 12.8 Å². The van der Waals surface area contributed by atoms with Crippen molar-refractivity contribution in [3.63, 3.8) is 0 Å². The number of methoxy groups -OCH3 is 1. The Labute approximate surface area is 114 Å². The molecule has 1 aliphatic rings. The van der Waals surface area contributed by atoms with Crippen molar-refractivity contribution in [2.75, 3.05) is 12.0 Å². The van der Waals surface area contributed by atoms with Gasteiger partial charge in [0.25, 0.3) is 0 Å². The van der Waals surface area contributed by atoms with Crippen LogP contribution in [-0.4, -0.2) is 29.3 Å². The molecule has 1 atom stereocenters. The van der Waals surface area contributed by atoms with Crippen LogP contribution in [0, 0.1) is 0 Å². The summed E-state index contributed by atoms with van der Waals surface area (Å²) >= 11 is 0.904. The van der Waals surface area contributed by atoms with Gasteiger partial charge in [-0.05, 0) is 24.3 Å². The molecule has 2 rings (SSSR count). The van der Waals surface area contributed by atoms with Gasteiger partial charge in [0, 0.05) is 13.3 Å². The molecular formula is C13H13NO4S. The second kappa shape index (κ2) is 5.44. The maximum atomic E-state index is 12.1. The Balaban J connectivity index is 2.21. The molecule has 0 radical (unpaired) electrons. The summed E-state index contributed by atoms with van der Waals surface area (Å²) in [5.74, 6) is 0.0294. The number of thioether (sulfide) groups is 1. The number of nitrogens with zero attached hydrogens (tertiary/aromatic N) is 1. The molecule has 1 fully saturated rings. The monoisotopic (exact) mass is 279 g/mol. The predicted octanol–water partition coefficient (Wildman–Crippen LogP) is 1.61. The smallest absolute Gasteiger partial charge is 0.247 e. The average molecular weight is 279 g/mol. The predicted molar refractivity (Wildman–Crippen MR) is 72.2 cm³/mol. The summed E-state index contributed by atoms with van der Waals surface area (Å²) in [6.45, 7) is 1.39. The largest absolute Gasteiger partial charge is 0.497 e. The number of rotatable bonds is 3. The van der Waals surface area contributed by atoms with Crippen LogP contribution in [0.2, 0.25) is 0 Å². The molecule has 5 nitrogen and oxygen atoms in total. The Morgan fingerprint density at radius 1 is 1.32 bits per heavy atom. The quantitative estimate of drug-likeness (QED) is 0.786. The van der Waals surface area contributed by atoms with E-state index in [-0.39, 0.29) is 23.4 Å². The number of hydrogen-bond acceptors (Lipinski definition) is 5. The van der Waals surface area contributed by atoms with Crippen molar-refractivity contribution in [1.82, 2.24) is 0 Å². The third-order valence-corrected chi connectivity index (χ3v) is 3.73. The normalized spacial score (nSPS) is 18.8. The summed E-state index contributed by atoms with van der Waals surface area (Å²) in [5.41, 5.74) is 0.502. The van der Waals surface area contributed by atoms with Crippen LogP contribution in [0.25, 0.3) is 0 Å². The highest BCUT2D eigenvalue weighted by Gasteiger charge is 2.40. The van der Waals surface area contributed by atoms with Gasteiger partial charge in [0.1, 0.15) is 11.0 Å². The Kier molecular flexibility index (Phi) is 3.90. The lowest BCUT2D eigenvalue weighted by Crippen LogP contribution is -2.31. The van der Waals surface area contributed by atoms with E-state index < -0.39 is 5.25 Å². The highest BCUT2D eigenvalue weighted by atomic mass is 32.2. The minimum atomic E-state index is -0.605. The maximum Gasteiger partial charge on any atom is 0.247 e. The fourth-order valence-corrected chi connectivity index (χ4v) is 2.73. The molecule has 0 bridgehead atoms. The van der Waals surface area contributed by atoms with Gasteiger partial charge >= 0.3 is 0 Å². The highest BCUT2D eigenvalue weighted by Crippen LogP contribution is 2.30. The summed E-state index contributed by atoms with van der Waals surface area (Å²) in [7, 11) is 1.54. The lowest BCUT2D eigenvalue weighted by Gasteiger charge is -2.14. The molecular weight excluding hydrogens is 266 g/mol. The Morgan fingerprint density at radius 2 is 1.95 bits per heavy atom. The van der Waals surface area contributed by atoms with Crippen molar-refractivity contribution >= 4 is 34.4 Å². The van der Waals surface area contributed by atoms with E-state index in [0.717, 1.165) is 16.7 Å². The first kappa shape index (κ1) is 13.6. The van der Waals surface area contributed by atoms with Crippen LogP contribution in [0.3, 0.4) is 0 Å². The molecule has 0 aromatic heterocycles. The van der Waals surface area contributed by atoms with Crippen LogP contribution >= 0.6 is 11.8 Å². The molecule has 1 aromatic carbocycles. The van der Waals surface area contributed by atoms with Crippen molar-refractivity contribution in [2.24, 2.45) is 0 Å². The van der Waals surface area contributed by atoms with Crippen LogP contribution in [0.5, 0.6) is 5.75 Å². The summed E-state index contributed by atoms with van der Waals surface area (Å²) in [6, 6.07) is 6.66. The van der Waals surface area contributed by atoms with Crippen LogP contribution in [0.15, 0.2) is 24.3 Å². The molecule has 1 saturated heterocycles. The van der Waals surface area contributed by atoms with Crippen LogP contribution in [0.1, 0.15) is 13.3 Å². The van der Waals surface area contributed by atoms with Gasteiger partial charge in [-0.3, -0.25) is 14.4 Å². The zero-order valence-corrected chi connectivity index (χ0v) is 11.4. The topological polar surface area (TPSA) is 63.7 Å². The van der Waals surface area contributed by atoms with Gasteiger partial charge in [-0.15, -0.1) is 0 Å². The fourth-order valence-electron chi connectivity index (χ4n) is 1.90. The van der Waals surface area contributed by atoms with Gasteiger partial charge in [-0.1, -0.05) is 11.8 Å². The zero-order valence-electron chi connectivity index (χ0n) is 10.6. The highest BCUT2D eigenvalue weighted by molar-refractivity contribution is 8.14. The van der Waals surface area contributed by atoms with E-state index in [0.29, 0.717) is 11.4 Å². The number of carbonyl (C=O) groups is 3. The minimum Gasteiger partial charge on any atom is -0.497 e. The van der Waals surface area contributed by atoms with Gasteiger partial charge in [0.15, 0.2) is 5.12 Å². The number of ether oxygens (including phenoxy) is 1. The van der Waals surface area contributed by atoms with E-state index in [1.54, 1.807) is 31.4 Å². The molecule has 0 saturated carbocycles. The van der Waals surface area contributed by atoms with Crippen molar-refractivity contribution in [3.05, 3.63) is 24.3 Å². The molecule has 1 aliphatic heterocycles. The molecule has 1 heterocycles. The molecule has 0 spiro atoms. The van der Waals surface area contributed by atoms with E-state index in [2.05, 4.69) is 0 Å². The van der Waals surface area contributed by atoms with Crippen LogP contribution in [-0.2, 0) is 14.4 Å². The average Bonchev–Trinajstić information content (AvgIpc) is 2.64. The Hall–Kier alpha value is -1.82. The first-order chi connectivity index (χ1) is 9.02. The summed E-state index contributed by atoms with van der Waals surface area (Å²) in [6.07, 6.45) is 0.0646. The molecule has 1 aromatic rings. The molecule has 100 valence electrons. The number of benzene rings is 1. The Morgan fingerprint density at radius 3 is 2.47 bits per heavy atom.